The Kier molecular flexibility index (Phi) is 15.6. The number of hydrogen-bond acceptors (Lipinski definition) is 5. The van der Waals surface area contributed by atoms with Crippen LogP contribution in [0.1, 0.15) is 1.43 Å². The molecule has 0 aliphatic rings. The Morgan fingerprint density at radius 3 is 1.17 bits per heavy atom. The average molecular weight is 312 g/mol. The van der Waals surface area contributed by atoms with Crippen molar-refractivity contribution in [2.75, 3.05) is 0 Å². The van der Waals surface area contributed by atoms with Crippen LogP contribution in [0.4, 0.5) is 0 Å². The first kappa shape index (κ1) is 23.4. The van der Waals surface area contributed by atoms with Gasteiger partial charge in [0.2, 0.25) is 0 Å². The normalized spacial score (nSPS) is 10.2. The van der Waals surface area contributed by atoms with Gasteiger partial charge in [0, 0.05) is 17.4 Å². The maximum atomic E-state index is 9.53. The molecule has 12 heavy (non-hydrogen) atoms. The van der Waals surface area contributed by atoms with E-state index in [4.69, 9.17) is 8.32 Å². The van der Waals surface area contributed by atoms with Gasteiger partial charge in [-0.1, -0.05) is 0 Å². The molecular formula is H5Cr3NaO8. The van der Waals surface area contributed by atoms with E-state index in [9.17, 15) is 15.2 Å². The first-order valence-corrected chi connectivity index (χ1v) is 5.63. The molecule has 0 saturated heterocycles. The van der Waals surface area contributed by atoms with Gasteiger partial charge in [-0.05, 0) is 0 Å². The zero-order valence-electron chi connectivity index (χ0n) is 6.66. The van der Waals surface area contributed by atoms with Crippen molar-refractivity contribution in [3.8, 4) is 0 Å². The van der Waals surface area contributed by atoms with Gasteiger partial charge in [0.25, 0.3) is 0 Å². The van der Waals surface area contributed by atoms with Gasteiger partial charge in [-0.15, -0.1) is 0 Å². The minimum absolute atomic E-state index is 0. The summed E-state index contributed by atoms with van der Waals surface area (Å²) in [4.78, 5) is 0. The van der Waals surface area contributed by atoms with Crippen molar-refractivity contribution < 1.29 is 107 Å². The van der Waals surface area contributed by atoms with Gasteiger partial charge in [-0.25, -0.2) is 0 Å². The molecule has 0 saturated carbocycles. The van der Waals surface area contributed by atoms with Crippen LogP contribution in [0.15, 0.2) is 0 Å². The molecule has 0 aliphatic heterocycles. The predicted molar refractivity (Wildman–Crippen MR) is 13.0 cm³/mol. The van der Waals surface area contributed by atoms with E-state index in [-0.39, 0.29) is 53.8 Å². The molecule has 0 aliphatic carbocycles. The van der Waals surface area contributed by atoms with Crippen LogP contribution in [0.5, 0.6) is 0 Å². The monoisotopic (exact) mass is 312 g/mol. The third kappa shape index (κ3) is 22.6. The molecule has 0 unspecified atom stereocenters. The molecule has 0 aromatic heterocycles. The summed E-state index contributed by atoms with van der Waals surface area (Å²) >= 11 is -11.5. The van der Waals surface area contributed by atoms with E-state index in [1.807, 2.05) is 0 Å². The quantitative estimate of drug-likeness (QED) is 0.483. The molecule has 0 fully saturated rings. The molecule has 0 rings (SSSR count). The average Bonchev–Trinajstić information content (AvgIpc) is 1.14. The standard InChI is InChI=1S/3Cr.Na.3H2O.5O.H/h;;;;3*1H2;;;;;;/q;3*+1;;;;;;;;;-1/p-2. The van der Waals surface area contributed by atoms with E-state index in [1.165, 1.54) is 0 Å². The minimum atomic E-state index is -5.76. The fourth-order valence-corrected chi connectivity index (χ4v) is 1.85. The van der Waals surface area contributed by atoms with Gasteiger partial charge in [0.1, 0.15) is 0 Å². The van der Waals surface area contributed by atoms with Gasteiger partial charge in [-0.3, -0.25) is 0 Å². The van der Waals surface area contributed by atoms with Gasteiger partial charge < -0.3 is 6.90 Å². The summed E-state index contributed by atoms with van der Waals surface area (Å²) in [7, 11) is 0. The Morgan fingerprint density at radius 1 is 1.00 bits per heavy atom. The van der Waals surface area contributed by atoms with Crippen molar-refractivity contribution in [3.63, 3.8) is 0 Å². The summed E-state index contributed by atoms with van der Waals surface area (Å²) in [6.07, 6.45) is 0. The molecule has 8 nitrogen and oxygen atoms in total. The number of hydrogen-bond donors (Lipinski definition) is 2. The number of rotatable bonds is 2. The van der Waals surface area contributed by atoms with Crippen LogP contribution in [0.3, 0.4) is 0 Å². The molecule has 0 radical (unpaired) electrons. The van der Waals surface area contributed by atoms with E-state index in [0.717, 1.165) is 0 Å². The van der Waals surface area contributed by atoms with Crippen molar-refractivity contribution in [2.45, 2.75) is 0 Å². The third-order valence-electron chi connectivity index (χ3n) is 0.172. The molecular weight excluding hydrogens is 307 g/mol. The summed E-state index contributed by atoms with van der Waals surface area (Å²) in [5.74, 6) is 0. The van der Waals surface area contributed by atoms with Crippen molar-refractivity contribution in [1.29, 1.82) is 0 Å². The molecule has 12 heteroatoms. The summed E-state index contributed by atoms with van der Waals surface area (Å²) in [6, 6.07) is 0. The third-order valence-corrected chi connectivity index (χ3v) is 2.92. The van der Waals surface area contributed by atoms with Crippen molar-refractivity contribution >= 4 is 0 Å². The molecule has 72 valence electrons. The predicted octanol–water partition coefficient (Wildman–Crippen LogP) is -5.37. The van der Waals surface area contributed by atoms with Gasteiger partial charge in [0.15, 0.2) is 0 Å². The summed E-state index contributed by atoms with van der Waals surface area (Å²) in [5.41, 5.74) is 0. The maximum absolute atomic E-state index is 9.53. The van der Waals surface area contributed by atoms with Crippen molar-refractivity contribution in [3.05, 3.63) is 0 Å². The first-order valence-electron chi connectivity index (χ1n) is 1.37. The topological polar surface area (TPSA) is 149 Å². The molecule has 4 N–H and O–H groups in total. The molecule has 0 heterocycles. The van der Waals surface area contributed by atoms with Gasteiger partial charge >= 0.3 is 83.2 Å². The fraction of sp³-hybridized carbons (Fsp3) is 0. The van der Waals surface area contributed by atoms with Crippen LogP contribution in [-0.4, -0.2) is 13.8 Å². The summed E-state index contributed by atoms with van der Waals surface area (Å²) < 4.78 is 56.3. The molecule has 0 spiro atoms. The van der Waals surface area contributed by atoms with Crippen LogP contribution in [0.25, 0.3) is 0 Å². The molecule has 0 aromatic carbocycles. The van der Waals surface area contributed by atoms with E-state index in [1.54, 1.807) is 0 Å². The second kappa shape index (κ2) is 7.99. The van der Waals surface area contributed by atoms with Gasteiger partial charge in [-0.2, -0.15) is 0 Å². The molecule has 0 atom stereocenters. The van der Waals surface area contributed by atoms with Crippen molar-refractivity contribution in [2.24, 2.45) is 0 Å². The molecule has 0 bridgehead atoms. The van der Waals surface area contributed by atoms with Crippen molar-refractivity contribution in [1.82, 2.24) is 0 Å². The van der Waals surface area contributed by atoms with E-state index >= 15 is 0 Å². The van der Waals surface area contributed by atoms with E-state index in [2.05, 4.69) is 2.84 Å². The van der Waals surface area contributed by atoms with Crippen LogP contribution >= 0.6 is 0 Å². The van der Waals surface area contributed by atoms with Crippen LogP contribution in [0.2, 0.25) is 0 Å². The molecule has 0 amide bonds. The SMILES string of the molecule is O.[Cr].[H-].[Na+].[O]=[Cr](=[O])([OH])[O][Cr](=[O])(=[O])[OH]. The van der Waals surface area contributed by atoms with E-state index in [0.29, 0.717) is 0 Å². The Balaban J connectivity index is -0.0000000533. The fourth-order valence-electron chi connectivity index (χ4n) is 0.109. The summed E-state index contributed by atoms with van der Waals surface area (Å²) in [6.45, 7) is 0. The first-order chi connectivity index (χ1) is 3.71. The zero-order chi connectivity index (χ0) is 7.71. The van der Waals surface area contributed by atoms with Gasteiger partial charge in [0.05, 0.1) is 0 Å². The van der Waals surface area contributed by atoms with E-state index < -0.39 is 27.2 Å². The van der Waals surface area contributed by atoms with Crippen LogP contribution < -0.4 is 29.6 Å². The summed E-state index contributed by atoms with van der Waals surface area (Å²) in [5, 5.41) is 0. The Bertz CT molecular complexity index is 245. The Labute approximate surface area is 106 Å². The Hall–Kier alpha value is 1.64. The Morgan fingerprint density at radius 2 is 1.17 bits per heavy atom. The zero-order valence-corrected chi connectivity index (χ0v) is 11.5. The second-order valence-corrected chi connectivity index (χ2v) is 4.68. The van der Waals surface area contributed by atoms with Crippen LogP contribution in [-0.2, 0) is 62.6 Å². The second-order valence-electron chi connectivity index (χ2n) is 0.924. The van der Waals surface area contributed by atoms with Crippen LogP contribution in [0, 0.1) is 0 Å². The molecule has 0 aromatic rings.